The van der Waals surface area contributed by atoms with E-state index in [0.29, 0.717) is 24.7 Å². The van der Waals surface area contributed by atoms with Crippen molar-refractivity contribution in [2.75, 3.05) is 45.2 Å². The van der Waals surface area contributed by atoms with Crippen LogP contribution in [0.4, 0.5) is 5.69 Å². The number of carbonyl (C=O) groups excluding carboxylic acids is 1. The zero-order valence-electron chi connectivity index (χ0n) is 17.3. The average Bonchev–Trinajstić information content (AvgIpc) is 3.24. The van der Waals surface area contributed by atoms with E-state index in [2.05, 4.69) is 31.9 Å². The molecule has 0 spiro atoms. The molecule has 160 valence electrons. The second-order valence-corrected chi connectivity index (χ2v) is 7.48. The van der Waals surface area contributed by atoms with Crippen LogP contribution in [0, 0.1) is 0 Å². The average molecular weight is 430 g/mol. The van der Waals surface area contributed by atoms with Gasteiger partial charge < -0.3 is 25.6 Å². The second kappa shape index (κ2) is 10.7. The third kappa shape index (κ3) is 6.03. The summed E-state index contributed by atoms with van der Waals surface area (Å²) in [5.74, 6) is 1.34. The van der Waals surface area contributed by atoms with Crippen molar-refractivity contribution in [1.82, 2.24) is 16.0 Å². The first-order valence-electron chi connectivity index (χ1n) is 9.99. The van der Waals surface area contributed by atoms with Gasteiger partial charge in [-0.3, -0.25) is 9.79 Å². The first-order chi connectivity index (χ1) is 14.6. The lowest BCUT2D eigenvalue weighted by molar-refractivity contribution is 0.0954. The van der Waals surface area contributed by atoms with Gasteiger partial charge in [0.25, 0.3) is 5.91 Å². The molecule has 1 aliphatic heterocycles. The van der Waals surface area contributed by atoms with Gasteiger partial charge in [-0.15, -0.1) is 0 Å². The molecule has 0 aromatic heterocycles. The number of methoxy groups -OCH3 is 1. The summed E-state index contributed by atoms with van der Waals surface area (Å²) in [5, 5.41) is 10.3. The van der Waals surface area contributed by atoms with Crippen LogP contribution in [0.1, 0.15) is 16.8 Å². The molecule has 30 heavy (non-hydrogen) atoms. The fraction of sp³-hybridized carbons (Fsp3) is 0.364. The number of carbonyl (C=O) groups is 1. The van der Waals surface area contributed by atoms with Gasteiger partial charge in [-0.05, 0) is 48.9 Å². The fourth-order valence-corrected chi connectivity index (χ4v) is 3.56. The lowest BCUT2D eigenvalue weighted by Crippen LogP contribution is -2.46. The van der Waals surface area contributed by atoms with E-state index in [1.54, 1.807) is 38.4 Å². The van der Waals surface area contributed by atoms with E-state index in [1.807, 2.05) is 18.2 Å². The number of rotatable bonds is 7. The van der Waals surface area contributed by atoms with E-state index in [9.17, 15) is 4.79 Å². The molecule has 1 atom stereocenters. The number of ether oxygens (including phenoxy) is 1. The minimum absolute atomic E-state index is 0.115. The molecule has 3 N–H and O–H groups in total. The Morgan fingerprint density at radius 3 is 2.67 bits per heavy atom. The van der Waals surface area contributed by atoms with Gasteiger partial charge in [0.2, 0.25) is 0 Å². The summed E-state index contributed by atoms with van der Waals surface area (Å²) in [4.78, 5) is 18.8. The number of anilines is 1. The molecule has 0 aliphatic carbocycles. The maximum Gasteiger partial charge on any atom is 0.251 e. The first kappa shape index (κ1) is 21.8. The monoisotopic (exact) mass is 429 g/mol. The van der Waals surface area contributed by atoms with Crippen LogP contribution in [-0.4, -0.2) is 58.2 Å². The van der Waals surface area contributed by atoms with Crippen molar-refractivity contribution >= 4 is 29.2 Å². The summed E-state index contributed by atoms with van der Waals surface area (Å²) < 4.78 is 5.11. The molecule has 0 radical (unpaired) electrons. The molecule has 1 saturated heterocycles. The minimum Gasteiger partial charge on any atom is -0.497 e. The SMILES string of the molecule is CN=C(NCCNC(=O)c1ccc(OC)cc1)NC1CCN(c2cccc(Cl)c2)C1. The van der Waals surface area contributed by atoms with Crippen LogP contribution in [0.25, 0.3) is 0 Å². The third-order valence-corrected chi connectivity index (χ3v) is 5.22. The van der Waals surface area contributed by atoms with Crippen molar-refractivity contribution in [3.63, 3.8) is 0 Å². The predicted molar refractivity (Wildman–Crippen MR) is 122 cm³/mol. The highest BCUT2D eigenvalue weighted by Gasteiger charge is 2.23. The Morgan fingerprint density at radius 2 is 1.97 bits per heavy atom. The molecule has 2 aromatic carbocycles. The van der Waals surface area contributed by atoms with Gasteiger partial charge in [-0.1, -0.05) is 17.7 Å². The highest BCUT2D eigenvalue weighted by molar-refractivity contribution is 6.30. The summed E-state index contributed by atoms with van der Waals surface area (Å²) in [6, 6.07) is 15.2. The van der Waals surface area contributed by atoms with Crippen LogP contribution >= 0.6 is 11.6 Å². The number of hydrogen-bond acceptors (Lipinski definition) is 4. The van der Waals surface area contributed by atoms with E-state index in [1.165, 1.54) is 0 Å². The zero-order chi connectivity index (χ0) is 21.3. The summed E-state index contributed by atoms with van der Waals surface area (Å²) >= 11 is 6.11. The first-order valence-corrected chi connectivity index (χ1v) is 10.4. The van der Waals surface area contributed by atoms with Crippen molar-refractivity contribution in [3.8, 4) is 5.75 Å². The smallest absolute Gasteiger partial charge is 0.251 e. The Labute approximate surface area is 182 Å². The lowest BCUT2D eigenvalue weighted by Gasteiger charge is -2.20. The third-order valence-electron chi connectivity index (χ3n) is 4.98. The molecule has 1 fully saturated rings. The van der Waals surface area contributed by atoms with Gasteiger partial charge in [0, 0.05) is 55.5 Å². The Morgan fingerprint density at radius 1 is 1.20 bits per heavy atom. The zero-order valence-corrected chi connectivity index (χ0v) is 18.1. The molecule has 1 unspecified atom stereocenters. The lowest BCUT2D eigenvalue weighted by atomic mass is 10.2. The topological polar surface area (TPSA) is 78.0 Å². The van der Waals surface area contributed by atoms with Crippen LogP contribution in [0.5, 0.6) is 5.75 Å². The molecule has 7 nitrogen and oxygen atoms in total. The molecule has 1 aliphatic rings. The number of nitrogens with zero attached hydrogens (tertiary/aromatic N) is 2. The van der Waals surface area contributed by atoms with Gasteiger partial charge in [0.15, 0.2) is 5.96 Å². The van der Waals surface area contributed by atoms with Gasteiger partial charge in [0.1, 0.15) is 5.75 Å². The number of guanidine groups is 1. The van der Waals surface area contributed by atoms with Crippen LogP contribution in [0.15, 0.2) is 53.5 Å². The molecule has 2 aromatic rings. The standard InChI is InChI=1S/C22H28ClN5O2/c1-24-22(26-12-11-25-21(29)16-6-8-20(30-2)9-7-16)27-18-10-13-28(15-18)19-5-3-4-17(23)14-19/h3-9,14,18H,10-13,15H2,1-2H3,(H,25,29)(H2,24,26,27). The molecule has 3 rings (SSSR count). The molecular weight excluding hydrogens is 402 g/mol. The Balaban J connectivity index is 1.39. The summed E-state index contributed by atoms with van der Waals surface area (Å²) in [6.45, 7) is 2.92. The molecule has 0 bridgehead atoms. The highest BCUT2D eigenvalue weighted by Crippen LogP contribution is 2.23. The molecule has 1 amide bonds. The largest absolute Gasteiger partial charge is 0.497 e. The summed E-state index contributed by atoms with van der Waals surface area (Å²) in [5.41, 5.74) is 1.74. The minimum atomic E-state index is -0.115. The number of hydrogen-bond donors (Lipinski definition) is 3. The number of benzene rings is 2. The molecule has 8 heteroatoms. The van der Waals surface area contributed by atoms with Gasteiger partial charge in [-0.2, -0.15) is 0 Å². The van der Waals surface area contributed by atoms with E-state index < -0.39 is 0 Å². The number of aliphatic imine (C=N–C) groups is 1. The van der Waals surface area contributed by atoms with E-state index in [0.717, 1.165) is 41.9 Å². The number of nitrogens with one attached hydrogen (secondary N) is 3. The Bertz CT molecular complexity index is 872. The number of halogens is 1. The Hall–Kier alpha value is -2.93. The number of amides is 1. The van der Waals surface area contributed by atoms with Crippen molar-refractivity contribution in [3.05, 3.63) is 59.1 Å². The van der Waals surface area contributed by atoms with Gasteiger partial charge >= 0.3 is 0 Å². The van der Waals surface area contributed by atoms with Crippen molar-refractivity contribution < 1.29 is 9.53 Å². The molecular formula is C22H28ClN5O2. The molecule has 0 saturated carbocycles. The van der Waals surface area contributed by atoms with Crippen LogP contribution in [0.2, 0.25) is 5.02 Å². The maximum absolute atomic E-state index is 12.2. The van der Waals surface area contributed by atoms with Crippen molar-refractivity contribution in [2.45, 2.75) is 12.5 Å². The van der Waals surface area contributed by atoms with Gasteiger partial charge in [-0.25, -0.2) is 0 Å². The van der Waals surface area contributed by atoms with E-state index in [4.69, 9.17) is 16.3 Å². The predicted octanol–water partition coefficient (Wildman–Crippen LogP) is 2.52. The van der Waals surface area contributed by atoms with Crippen LogP contribution in [0.3, 0.4) is 0 Å². The van der Waals surface area contributed by atoms with Crippen molar-refractivity contribution in [2.24, 2.45) is 4.99 Å². The quantitative estimate of drug-likeness (QED) is 0.358. The van der Waals surface area contributed by atoms with Crippen LogP contribution < -0.4 is 25.6 Å². The van der Waals surface area contributed by atoms with Gasteiger partial charge in [0.05, 0.1) is 7.11 Å². The van der Waals surface area contributed by atoms with Crippen molar-refractivity contribution in [1.29, 1.82) is 0 Å². The Kier molecular flexibility index (Phi) is 7.79. The normalized spacial score (nSPS) is 16.3. The van der Waals surface area contributed by atoms with Crippen LogP contribution in [-0.2, 0) is 0 Å². The second-order valence-electron chi connectivity index (χ2n) is 7.04. The highest BCUT2D eigenvalue weighted by atomic mass is 35.5. The fourth-order valence-electron chi connectivity index (χ4n) is 3.37. The summed E-state index contributed by atoms with van der Waals surface area (Å²) in [6.07, 6.45) is 1.02. The van der Waals surface area contributed by atoms with E-state index in [-0.39, 0.29) is 5.91 Å². The van der Waals surface area contributed by atoms with E-state index >= 15 is 0 Å². The molecule has 1 heterocycles. The summed E-state index contributed by atoms with van der Waals surface area (Å²) in [7, 11) is 3.34. The maximum atomic E-state index is 12.2.